The Kier molecular flexibility index (Phi) is 18.1. The van der Waals surface area contributed by atoms with Crippen LogP contribution < -0.4 is 0 Å². The van der Waals surface area contributed by atoms with Gasteiger partial charge in [-0.25, -0.2) is 16.0 Å². The lowest BCUT2D eigenvalue weighted by atomic mass is 10.4. The Morgan fingerprint density at radius 2 is 1.11 bits per heavy atom. The Balaban J connectivity index is 4.12. The largest absolute Gasteiger partial charge is 0.495 e. The van der Waals surface area contributed by atoms with E-state index in [2.05, 4.69) is 28.5 Å². The zero-order valence-corrected chi connectivity index (χ0v) is 19.3. The third-order valence-corrected chi connectivity index (χ3v) is 3.48. The van der Waals surface area contributed by atoms with Gasteiger partial charge in [0, 0.05) is 6.42 Å². The van der Waals surface area contributed by atoms with E-state index in [9.17, 15) is 36.6 Å². The first-order valence-electron chi connectivity index (χ1n) is 10.5. The van der Waals surface area contributed by atoms with Crippen molar-refractivity contribution in [1.82, 2.24) is 0 Å². The topological polar surface area (TPSA) is 130 Å². The van der Waals surface area contributed by atoms with E-state index in [0.29, 0.717) is 6.42 Å². The molecule has 0 spiro atoms. The zero-order chi connectivity index (χ0) is 27.5. The fraction of sp³-hybridized carbons (Fsp3) is 0.947. The molecule has 0 aromatic rings. The first kappa shape index (κ1) is 34.7. The molecule has 17 heteroatoms. The molecule has 0 aliphatic rings. The smallest absolute Gasteiger partial charge is 0.394 e. The number of nitrogens with zero attached hydrogens (tertiary/aromatic N) is 1. The molecule has 3 N–H and O–H groups in total. The van der Waals surface area contributed by atoms with Crippen molar-refractivity contribution in [2.45, 2.75) is 37.1 Å². The van der Waals surface area contributed by atoms with Gasteiger partial charge in [-0.1, -0.05) is 0 Å². The number of ether oxygens (including phenoxy) is 7. The first-order valence-corrected chi connectivity index (χ1v) is 10.5. The van der Waals surface area contributed by atoms with Gasteiger partial charge in [-0.3, -0.25) is 0 Å². The van der Waals surface area contributed by atoms with E-state index in [0.717, 1.165) is 0 Å². The Bertz CT molecular complexity index is 600. The van der Waals surface area contributed by atoms with E-state index >= 15 is 0 Å². The van der Waals surface area contributed by atoms with E-state index < -0.39 is 63.8 Å². The van der Waals surface area contributed by atoms with Crippen molar-refractivity contribution in [3.8, 4) is 0 Å². The molecule has 0 amide bonds. The summed E-state index contributed by atoms with van der Waals surface area (Å²) in [5.74, 6) is 0. The van der Waals surface area contributed by atoms with E-state index in [-0.39, 0.29) is 46.2 Å². The number of aliphatic hydroxyl groups is 3. The van der Waals surface area contributed by atoms with Crippen LogP contribution >= 0.6 is 0 Å². The monoisotopic (exact) mass is 547 g/mol. The van der Waals surface area contributed by atoms with Crippen LogP contribution in [0, 0.1) is 6.57 Å². The van der Waals surface area contributed by atoms with Gasteiger partial charge < -0.3 is 43.8 Å². The van der Waals surface area contributed by atoms with Crippen molar-refractivity contribution >= 4 is 0 Å². The standard InChI is InChI=1S/C19H31F6NO10/c1-26-3-2-5-30-9-15(28)11-32-7-8-33-13-17(20,21)35-19(24,25)36-18(22,23)14-34-12-16(29)10-31-6-4-27/h15-16,27-29H,2-14H2. The van der Waals surface area contributed by atoms with Gasteiger partial charge in [-0.05, 0) is 0 Å². The quantitative estimate of drug-likeness (QED) is 0.0693. The molecule has 0 bridgehead atoms. The van der Waals surface area contributed by atoms with Crippen molar-refractivity contribution in [1.29, 1.82) is 0 Å². The van der Waals surface area contributed by atoms with E-state index in [1.807, 2.05) is 0 Å². The van der Waals surface area contributed by atoms with Crippen LogP contribution in [-0.2, 0) is 33.2 Å². The number of aliphatic hydroxyl groups excluding tert-OH is 3. The third-order valence-electron chi connectivity index (χ3n) is 3.48. The van der Waals surface area contributed by atoms with Gasteiger partial charge in [0.05, 0.1) is 59.5 Å². The summed E-state index contributed by atoms with van der Waals surface area (Å²) in [4.78, 5) is 3.11. The summed E-state index contributed by atoms with van der Waals surface area (Å²) in [6, 6.07) is 0. The maximum absolute atomic E-state index is 13.5. The highest BCUT2D eigenvalue weighted by molar-refractivity contribution is 4.60. The number of halogens is 6. The molecule has 0 aliphatic carbocycles. The van der Waals surface area contributed by atoms with Gasteiger partial charge in [-0.15, -0.1) is 8.78 Å². The van der Waals surface area contributed by atoms with Crippen LogP contribution in [0.15, 0.2) is 0 Å². The summed E-state index contributed by atoms with van der Waals surface area (Å²) in [5, 5.41) is 27.4. The second-order valence-electron chi connectivity index (χ2n) is 7.00. The normalized spacial score (nSPS) is 14.6. The lowest BCUT2D eigenvalue weighted by Crippen LogP contribution is -2.44. The number of hydrogen-bond donors (Lipinski definition) is 3. The molecule has 0 saturated carbocycles. The van der Waals surface area contributed by atoms with Gasteiger partial charge in [0.15, 0.2) is 0 Å². The molecule has 0 heterocycles. The summed E-state index contributed by atoms with van der Waals surface area (Å²) in [6.45, 7) is 0.699. The molecule has 0 saturated heterocycles. The Morgan fingerprint density at radius 3 is 1.64 bits per heavy atom. The second kappa shape index (κ2) is 18.8. The van der Waals surface area contributed by atoms with E-state index in [1.54, 1.807) is 0 Å². The summed E-state index contributed by atoms with van der Waals surface area (Å²) in [7, 11) is 0. The second-order valence-corrected chi connectivity index (χ2v) is 7.00. The Labute approximate surface area is 203 Å². The van der Waals surface area contributed by atoms with Crippen molar-refractivity contribution in [3.63, 3.8) is 0 Å². The van der Waals surface area contributed by atoms with Gasteiger partial charge >= 0.3 is 18.5 Å². The summed E-state index contributed by atoms with van der Waals surface area (Å²) < 4.78 is 110. The molecule has 0 aromatic heterocycles. The third kappa shape index (κ3) is 20.8. The summed E-state index contributed by atoms with van der Waals surface area (Å²) in [5.41, 5.74) is 0. The predicted molar refractivity (Wildman–Crippen MR) is 106 cm³/mol. The summed E-state index contributed by atoms with van der Waals surface area (Å²) in [6.07, 6.45) is -16.9. The van der Waals surface area contributed by atoms with Gasteiger partial charge in [0.1, 0.15) is 25.4 Å². The minimum Gasteiger partial charge on any atom is -0.394 e. The van der Waals surface area contributed by atoms with Crippen LogP contribution in [-0.4, -0.2) is 125 Å². The van der Waals surface area contributed by atoms with Crippen molar-refractivity contribution in [3.05, 3.63) is 11.4 Å². The predicted octanol–water partition coefficient (Wildman–Crippen LogP) is 0.862. The molecule has 0 aromatic carbocycles. The molecule has 0 rings (SSSR count). The molecule has 36 heavy (non-hydrogen) atoms. The van der Waals surface area contributed by atoms with Crippen LogP contribution in [0.3, 0.4) is 0 Å². The van der Waals surface area contributed by atoms with Gasteiger partial charge in [-0.2, -0.15) is 17.6 Å². The fourth-order valence-electron chi connectivity index (χ4n) is 2.11. The molecule has 2 unspecified atom stereocenters. The van der Waals surface area contributed by atoms with E-state index in [4.69, 9.17) is 21.2 Å². The van der Waals surface area contributed by atoms with Crippen LogP contribution in [0.4, 0.5) is 26.3 Å². The molecule has 0 radical (unpaired) electrons. The lowest BCUT2D eigenvalue weighted by molar-refractivity contribution is -0.518. The van der Waals surface area contributed by atoms with Crippen LogP contribution in [0.25, 0.3) is 4.85 Å². The van der Waals surface area contributed by atoms with Crippen LogP contribution in [0.1, 0.15) is 6.42 Å². The Hall–Kier alpha value is -1.33. The van der Waals surface area contributed by atoms with E-state index in [1.165, 1.54) is 0 Å². The highest BCUT2D eigenvalue weighted by Gasteiger charge is 2.52. The molecule has 11 nitrogen and oxygen atoms in total. The van der Waals surface area contributed by atoms with Crippen molar-refractivity contribution < 1.29 is 74.8 Å². The SMILES string of the molecule is [C-]#[N+]CCCOCC(O)COCCOCC(F)(F)OC(F)(F)OC(F)(F)COCC(O)COCCO. The van der Waals surface area contributed by atoms with Crippen molar-refractivity contribution in [2.24, 2.45) is 0 Å². The number of rotatable bonds is 24. The van der Waals surface area contributed by atoms with Gasteiger partial charge in [0.25, 0.3) is 0 Å². The fourth-order valence-corrected chi connectivity index (χ4v) is 2.11. The van der Waals surface area contributed by atoms with Crippen molar-refractivity contribution in [2.75, 3.05) is 79.2 Å². The van der Waals surface area contributed by atoms with Gasteiger partial charge in [0.2, 0.25) is 6.54 Å². The molecule has 2 atom stereocenters. The molecular formula is C19H31F6NO10. The maximum Gasteiger partial charge on any atom is 0.495 e. The molecule has 214 valence electrons. The average Bonchev–Trinajstić information content (AvgIpc) is 2.74. The number of hydrogen-bond acceptors (Lipinski definition) is 10. The summed E-state index contributed by atoms with van der Waals surface area (Å²) >= 11 is 0. The molecule has 0 aliphatic heterocycles. The average molecular weight is 547 g/mol. The van der Waals surface area contributed by atoms with Crippen LogP contribution in [0.2, 0.25) is 0 Å². The Morgan fingerprint density at radius 1 is 0.667 bits per heavy atom. The maximum atomic E-state index is 13.5. The lowest BCUT2D eigenvalue weighted by Gasteiger charge is -2.26. The van der Waals surface area contributed by atoms with Crippen LogP contribution in [0.5, 0.6) is 0 Å². The zero-order valence-electron chi connectivity index (χ0n) is 19.3. The minimum atomic E-state index is -5.43. The molecular weight excluding hydrogens is 516 g/mol. The minimum absolute atomic E-state index is 0.0881. The number of alkyl halides is 6. The molecule has 0 fully saturated rings. The highest BCUT2D eigenvalue weighted by atomic mass is 19.3. The highest BCUT2D eigenvalue weighted by Crippen LogP contribution is 2.33. The first-order chi connectivity index (χ1) is 16.8.